The number of carbonyl (C=O) groups is 2. The van der Waals surface area contributed by atoms with Gasteiger partial charge in [-0.25, -0.2) is 4.39 Å². The van der Waals surface area contributed by atoms with Crippen LogP contribution in [-0.2, 0) is 16.0 Å². The highest BCUT2D eigenvalue weighted by molar-refractivity contribution is 5.90. The third-order valence-electron chi connectivity index (χ3n) is 3.47. The summed E-state index contributed by atoms with van der Waals surface area (Å²) in [6.45, 7) is 3.60. The molecule has 0 heterocycles. The monoisotopic (exact) mass is 293 g/mol. The fourth-order valence-corrected chi connectivity index (χ4v) is 2.10. The van der Waals surface area contributed by atoms with Crippen LogP contribution < -0.4 is 5.32 Å². The fraction of sp³-hybridized carbons (Fsp3) is 0.529. The molecular formula is C17H24FNO2. The highest BCUT2D eigenvalue weighted by atomic mass is 19.1. The molecule has 1 aromatic carbocycles. The van der Waals surface area contributed by atoms with E-state index in [0.717, 1.165) is 19.3 Å². The lowest BCUT2D eigenvalue weighted by Crippen LogP contribution is -2.11. The van der Waals surface area contributed by atoms with Crippen LogP contribution >= 0.6 is 0 Å². The van der Waals surface area contributed by atoms with Crippen LogP contribution in [0.15, 0.2) is 18.2 Å². The summed E-state index contributed by atoms with van der Waals surface area (Å²) in [7, 11) is 0. The topological polar surface area (TPSA) is 46.2 Å². The van der Waals surface area contributed by atoms with Gasteiger partial charge in [-0.1, -0.05) is 32.4 Å². The smallest absolute Gasteiger partial charge is 0.224 e. The third kappa shape index (κ3) is 6.06. The molecule has 0 bridgehead atoms. The molecule has 0 radical (unpaired) electrons. The number of nitrogens with one attached hydrogen (secondary N) is 1. The van der Waals surface area contributed by atoms with Crippen LogP contribution in [-0.4, -0.2) is 11.7 Å². The van der Waals surface area contributed by atoms with Gasteiger partial charge in [-0.2, -0.15) is 0 Å². The lowest BCUT2D eigenvalue weighted by Gasteiger charge is -2.09. The second-order valence-corrected chi connectivity index (χ2v) is 5.13. The molecule has 1 N–H and O–H groups in total. The summed E-state index contributed by atoms with van der Waals surface area (Å²) in [5, 5.41) is 2.57. The molecule has 0 aliphatic heterocycles. The molecule has 0 unspecified atom stereocenters. The average molecular weight is 293 g/mol. The number of ketones is 1. The normalized spacial score (nSPS) is 10.4. The zero-order valence-electron chi connectivity index (χ0n) is 12.9. The van der Waals surface area contributed by atoms with Crippen molar-refractivity contribution in [2.75, 3.05) is 5.32 Å². The maximum atomic E-state index is 14.2. The summed E-state index contributed by atoms with van der Waals surface area (Å²) in [5.41, 5.74) is 0.867. The molecule has 1 amide bonds. The van der Waals surface area contributed by atoms with Crippen molar-refractivity contribution in [2.45, 2.75) is 58.8 Å². The highest BCUT2D eigenvalue weighted by Gasteiger charge is 2.09. The van der Waals surface area contributed by atoms with Crippen molar-refractivity contribution in [3.8, 4) is 0 Å². The SMILES string of the molecule is CCC(=O)CCCCCc1cccc(NC(=O)CC)c1F. The summed E-state index contributed by atoms with van der Waals surface area (Å²) in [5.74, 6) is -0.251. The second-order valence-electron chi connectivity index (χ2n) is 5.13. The Bertz CT molecular complexity index is 486. The molecule has 21 heavy (non-hydrogen) atoms. The molecule has 0 spiro atoms. The number of anilines is 1. The van der Waals surface area contributed by atoms with Gasteiger partial charge in [-0.05, 0) is 30.9 Å². The molecule has 0 aliphatic carbocycles. The summed E-state index contributed by atoms with van der Waals surface area (Å²) >= 11 is 0. The van der Waals surface area contributed by atoms with Crippen molar-refractivity contribution in [1.82, 2.24) is 0 Å². The zero-order valence-corrected chi connectivity index (χ0v) is 12.9. The lowest BCUT2D eigenvalue weighted by molar-refractivity contribution is -0.119. The van der Waals surface area contributed by atoms with E-state index in [0.29, 0.717) is 31.2 Å². The summed E-state index contributed by atoms with van der Waals surface area (Å²) < 4.78 is 14.2. The Labute approximate surface area is 125 Å². The largest absolute Gasteiger partial charge is 0.324 e. The predicted octanol–water partition coefficient (Wildman–Crippen LogP) is 4.26. The summed E-state index contributed by atoms with van der Waals surface area (Å²) in [6.07, 6.45) is 4.78. The van der Waals surface area contributed by atoms with E-state index in [9.17, 15) is 14.0 Å². The molecule has 0 aliphatic rings. The van der Waals surface area contributed by atoms with Gasteiger partial charge in [0.15, 0.2) is 0 Å². The Kier molecular flexibility index (Phi) is 7.65. The number of aryl methyl sites for hydroxylation is 1. The van der Waals surface area contributed by atoms with Gasteiger partial charge in [0.1, 0.15) is 11.6 Å². The van der Waals surface area contributed by atoms with Gasteiger partial charge >= 0.3 is 0 Å². The summed E-state index contributed by atoms with van der Waals surface area (Å²) in [6, 6.07) is 5.07. The van der Waals surface area contributed by atoms with Crippen molar-refractivity contribution in [2.24, 2.45) is 0 Å². The maximum absolute atomic E-state index is 14.2. The van der Waals surface area contributed by atoms with Crippen molar-refractivity contribution in [3.05, 3.63) is 29.6 Å². The number of unbranched alkanes of at least 4 members (excludes halogenated alkanes) is 2. The first kappa shape index (κ1) is 17.3. The molecule has 1 aromatic rings. The number of halogens is 1. The molecule has 0 fully saturated rings. The minimum atomic E-state index is -0.344. The minimum absolute atomic E-state index is 0.191. The number of hydrogen-bond acceptors (Lipinski definition) is 2. The van der Waals surface area contributed by atoms with Crippen molar-refractivity contribution < 1.29 is 14.0 Å². The van der Waals surface area contributed by atoms with Crippen LogP contribution in [0.5, 0.6) is 0 Å². The van der Waals surface area contributed by atoms with Gasteiger partial charge in [0.05, 0.1) is 5.69 Å². The third-order valence-corrected chi connectivity index (χ3v) is 3.47. The Morgan fingerprint density at radius 3 is 2.52 bits per heavy atom. The van der Waals surface area contributed by atoms with Crippen LogP contribution in [0.1, 0.15) is 57.9 Å². The van der Waals surface area contributed by atoms with Gasteiger partial charge in [0, 0.05) is 19.3 Å². The Morgan fingerprint density at radius 1 is 1.10 bits per heavy atom. The fourth-order valence-electron chi connectivity index (χ4n) is 2.10. The van der Waals surface area contributed by atoms with Crippen LogP contribution in [0.25, 0.3) is 0 Å². The van der Waals surface area contributed by atoms with E-state index in [1.165, 1.54) is 0 Å². The maximum Gasteiger partial charge on any atom is 0.224 e. The van der Waals surface area contributed by atoms with Crippen molar-refractivity contribution >= 4 is 17.4 Å². The Morgan fingerprint density at radius 2 is 1.86 bits per heavy atom. The molecular weight excluding hydrogens is 269 g/mol. The second kappa shape index (κ2) is 9.27. The highest BCUT2D eigenvalue weighted by Crippen LogP contribution is 2.20. The quantitative estimate of drug-likeness (QED) is 0.692. The molecule has 116 valence electrons. The number of Topliss-reactive ketones (excluding diaryl/α,β-unsaturated/α-hetero) is 1. The standard InChI is InChI=1S/C17H24FNO2/c1-3-14(20)11-7-5-6-9-13-10-8-12-15(17(13)18)19-16(21)4-2/h8,10,12H,3-7,9,11H2,1-2H3,(H,19,21). The van der Waals surface area contributed by atoms with Gasteiger partial charge in [0.25, 0.3) is 0 Å². The van der Waals surface area contributed by atoms with E-state index in [2.05, 4.69) is 5.32 Å². The zero-order chi connectivity index (χ0) is 15.7. The first-order chi connectivity index (χ1) is 10.1. The number of hydrogen-bond donors (Lipinski definition) is 1. The van der Waals surface area contributed by atoms with E-state index in [1.807, 2.05) is 6.92 Å². The van der Waals surface area contributed by atoms with Gasteiger partial charge in [-0.15, -0.1) is 0 Å². The first-order valence-electron chi connectivity index (χ1n) is 7.67. The molecule has 1 rings (SSSR count). The van der Waals surface area contributed by atoms with Gasteiger partial charge in [0.2, 0.25) is 5.91 Å². The molecule has 0 atom stereocenters. The lowest BCUT2D eigenvalue weighted by atomic mass is 10.0. The van der Waals surface area contributed by atoms with E-state index in [4.69, 9.17) is 0 Å². The molecule has 4 heteroatoms. The molecule has 0 aromatic heterocycles. The van der Waals surface area contributed by atoms with Crippen LogP contribution in [0.4, 0.5) is 10.1 Å². The Hall–Kier alpha value is -1.71. The van der Waals surface area contributed by atoms with E-state index < -0.39 is 0 Å². The van der Waals surface area contributed by atoms with E-state index in [-0.39, 0.29) is 23.2 Å². The molecule has 3 nitrogen and oxygen atoms in total. The molecule has 0 saturated carbocycles. The van der Waals surface area contributed by atoms with Crippen LogP contribution in [0, 0.1) is 5.82 Å². The number of benzene rings is 1. The summed E-state index contributed by atoms with van der Waals surface area (Å²) in [4.78, 5) is 22.5. The van der Waals surface area contributed by atoms with Crippen LogP contribution in [0.2, 0.25) is 0 Å². The Balaban J connectivity index is 2.46. The van der Waals surface area contributed by atoms with Gasteiger partial charge < -0.3 is 5.32 Å². The number of carbonyl (C=O) groups excluding carboxylic acids is 2. The van der Waals surface area contributed by atoms with E-state index in [1.54, 1.807) is 25.1 Å². The predicted molar refractivity (Wildman–Crippen MR) is 82.8 cm³/mol. The average Bonchev–Trinajstić information content (AvgIpc) is 2.49. The minimum Gasteiger partial charge on any atom is -0.324 e. The van der Waals surface area contributed by atoms with Gasteiger partial charge in [-0.3, -0.25) is 9.59 Å². The van der Waals surface area contributed by atoms with Crippen molar-refractivity contribution in [1.29, 1.82) is 0 Å². The molecule has 0 saturated heterocycles. The van der Waals surface area contributed by atoms with Crippen LogP contribution in [0.3, 0.4) is 0 Å². The number of amides is 1. The number of rotatable bonds is 9. The van der Waals surface area contributed by atoms with E-state index >= 15 is 0 Å². The first-order valence-corrected chi connectivity index (χ1v) is 7.67. The van der Waals surface area contributed by atoms with Crippen molar-refractivity contribution in [3.63, 3.8) is 0 Å².